The van der Waals surface area contributed by atoms with Crippen molar-refractivity contribution in [2.75, 3.05) is 7.05 Å². The first-order valence-electron chi connectivity index (χ1n) is 6.74. The zero-order chi connectivity index (χ0) is 13.1. The van der Waals surface area contributed by atoms with E-state index >= 15 is 0 Å². The molecular formula is C15H21BrFN. The fourth-order valence-corrected chi connectivity index (χ4v) is 3.57. The monoisotopic (exact) mass is 313 g/mol. The van der Waals surface area contributed by atoms with Gasteiger partial charge in [0.05, 0.1) is 4.47 Å². The first kappa shape index (κ1) is 14.0. The molecule has 3 unspecified atom stereocenters. The summed E-state index contributed by atoms with van der Waals surface area (Å²) in [6.07, 6.45) is 4.97. The lowest BCUT2D eigenvalue weighted by Crippen LogP contribution is -2.29. The Morgan fingerprint density at radius 3 is 2.83 bits per heavy atom. The summed E-state index contributed by atoms with van der Waals surface area (Å²) in [6, 6.07) is 5.71. The van der Waals surface area contributed by atoms with Crippen LogP contribution in [0.1, 0.15) is 44.2 Å². The molecule has 0 saturated heterocycles. The molecule has 1 nitrogen and oxygen atoms in total. The predicted molar refractivity (Wildman–Crippen MR) is 77.0 cm³/mol. The van der Waals surface area contributed by atoms with Gasteiger partial charge in [0, 0.05) is 11.6 Å². The lowest BCUT2D eigenvalue weighted by Gasteiger charge is -2.33. The molecule has 0 aromatic heterocycles. The molecule has 1 aliphatic carbocycles. The Bertz CT molecular complexity index is 407. The van der Waals surface area contributed by atoms with Gasteiger partial charge in [0.15, 0.2) is 0 Å². The van der Waals surface area contributed by atoms with Crippen LogP contribution in [0.25, 0.3) is 0 Å². The van der Waals surface area contributed by atoms with Gasteiger partial charge in [-0.05, 0) is 53.7 Å². The molecule has 1 aromatic rings. The van der Waals surface area contributed by atoms with Crippen molar-refractivity contribution in [3.05, 3.63) is 34.1 Å². The smallest absolute Gasteiger partial charge is 0.142 e. The second-order valence-electron chi connectivity index (χ2n) is 5.44. The molecule has 0 aliphatic heterocycles. The van der Waals surface area contributed by atoms with Gasteiger partial charge >= 0.3 is 0 Å². The van der Waals surface area contributed by atoms with Crippen LogP contribution in [0.3, 0.4) is 0 Å². The van der Waals surface area contributed by atoms with Crippen molar-refractivity contribution < 1.29 is 4.39 Å². The molecule has 2 rings (SSSR count). The minimum Gasteiger partial charge on any atom is -0.313 e. The summed E-state index contributed by atoms with van der Waals surface area (Å²) in [6.45, 7) is 2.30. The Morgan fingerprint density at radius 1 is 1.39 bits per heavy atom. The fourth-order valence-electron chi connectivity index (χ4n) is 3.19. The van der Waals surface area contributed by atoms with Gasteiger partial charge in [-0.25, -0.2) is 4.39 Å². The van der Waals surface area contributed by atoms with Crippen molar-refractivity contribution in [2.24, 2.45) is 11.8 Å². The largest absolute Gasteiger partial charge is 0.313 e. The molecule has 100 valence electrons. The van der Waals surface area contributed by atoms with E-state index in [0.29, 0.717) is 10.4 Å². The van der Waals surface area contributed by atoms with Crippen LogP contribution in [0.4, 0.5) is 4.39 Å². The third-order valence-electron chi connectivity index (χ3n) is 4.08. The summed E-state index contributed by atoms with van der Waals surface area (Å²) in [4.78, 5) is 0. The molecule has 3 heteroatoms. The van der Waals surface area contributed by atoms with Gasteiger partial charge in [0.25, 0.3) is 0 Å². The summed E-state index contributed by atoms with van der Waals surface area (Å²) in [7, 11) is 1.93. The quantitative estimate of drug-likeness (QED) is 0.854. The highest BCUT2D eigenvalue weighted by Crippen LogP contribution is 2.38. The predicted octanol–water partition coefficient (Wildman–Crippen LogP) is 4.68. The minimum atomic E-state index is -0.116. The van der Waals surface area contributed by atoms with Crippen molar-refractivity contribution in [3.8, 4) is 0 Å². The van der Waals surface area contributed by atoms with E-state index < -0.39 is 0 Å². The van der Waals surface area contributed by atoms with E-state index in [9.17, 15) is 4.39 Å². The molecule has 1 saturated carbocycles. The molecule has 0 bridgehead atoms. The molecule has 18 heavy (non-hydrogen) atoms. The Hall–Kier alpha value is -0.410. The molecule has 0 amide bonds. The summed E-state index contributed by atoms with van der Waals surface area (Å²) in [5, 5.41) is 3.32. The van der Waals surface area contributed by atoms with E-state index in [2.05, 4.69) is 28.2 Å². The highest BCUT2D eigenvalue weighted by molar-refractivity contribution is 9.10. The molecular weight excluding hydrogens is 293 g/mol. The number of hydrogen-bond acceptors (Lipinski definition) is 1. The lowest BCUT2D eigenvalue weighted by molar-refractivity contribution is 0.227. The minimum absolute atomic E-state index is 0.116. The Morgan fingerprint density at radius 2 is 2.17 bits per heavy atom. The fraction of sp³-hybridized carbons (Fsp3) is 0.600. The van der Waals surface area contributed by atoms with Gasteiger partial charge in [0.2, 0.25) is 0 Å². The summed E-state index contributed by atoms with van der Waals surface area (Å²) < 4.78 is 14.8. The molecule has 0 radical (unpaired) electrons. The first-order chi connectivity index (χ1) is 8.63. The Labute approximate surface area is 117 Å². The zero-order valence-electron chi connectivity index (χ0n) is 11.0. The van der Waals surface area contributed by atoms with Gasteiger partial charge in [-0.3, -0.25) is 0 Å². The van der Waals surface area contributed by atoms with E-state index in [1.165, 1.54) is 25.7 Å². The van der Waals surface area contributed by atoms with E-state index in [1.54, 1.807) is 6.07 Å². The highest BCUT2D eigenvalue weighted by Gasteiger charge is 2.28. The second kappa shape index (κ2) is 6.16. The number of hydrogen-bond donors (Lipinski definition) is 1. The van der Waals surface area contributed by atoms with Crippen LogP contribution in [0.15, 0.2) is 22.7 Å². The van der Waals surface area contributed by atoms with Gasteiger partial charge in [-0.15, -0.1) is 0 Å². The Kier molecular flexibility index (Phi) is 4.79. The SMILES string of the molecule is CNC(c1cccc(Br)c1F)C1CCCC(C)C1. The highest BCUT2D eigenvalue weighted by atomic mass is 79.9. The normalized spacial score (nSPS) is 26.0. The number of benzene rings is 1. The van der Waals surface area contributed by atoms with Crippen LogP contribution in [0, 0.1) is 17.7 Å². The van der Waals surface area contributed by atoms with Crippen LogP contribution in [0.5, 0.6) is 0 Å². The molecule has 1 aliphatic rings. The average Bonchev–Trinajstić information content (AvgIpc) is 2.35. The van der Waals surface area contributed by atoms with Crippen LogP contribution < -0.4 is 5.32 Å². The Balaban J connectivity index is 2.24. The third kappa shape index (κ3) is 2.94. The molecule has 0 heterocycles. The molecule has 1 fully saturated rings. The van der Waals surface area contributed by atoms with Gasteiger partial charge in [0.1, 0.15) is 5.82 Å². The van der Waals surface area contributed by atoms with Crippen LogP contribution in [0.2, 0.25) is 0 Å². The summed E-state index contributed by atoms with van der Waals surface area (Å²) >= 11 is 3.28. The number of halogens is 2. The maximum absolute atomic E-state index is 14.2. The average molecular weight is 314 g/mol. The van der Waals surface area contributed by atoms with Gasteiger partial charge < -0.3 is 5.32 Å². The van der Waals surface area contributed by atoms with Crippen molar-refractivity contribution in [1.29, 1.82) is 0 Å². The maximum atomic E-state index is 14.2. The van der Waals surface area contributed by atoms with Gasteiger partial charge in [-0.1, -0.05) is 31.9 Å². The van der Waals surface area contributed by atoms with E-state index in [0.717, 1.165) is 11.5 Å². The molecule has 3 atom stereocenters. The van der Waals surface area contributed by atoms with E-state index in [4.69, 9.17) is 0 Å². The van der Waals surface area contributed by atoms with Crippen LogP contribution >= 0.6 is 15.9 Å². The van der Waals surface area contributed by atoms with E-state index in [1.807, 2.05) is 19.2 Å². The number of nitrogens with one attached hydrogen (secondary N) is 1. The van der Waals surface area contributed by atoms with E-state index in [-0.39, 0.29) is 11.9 Å². The standard InChI is InChI=1S/C15H21BrFN/c1-10-5-3-6-11(9-10)15(18-2)12-7-4-8-13(16)14(12)17/h4,7-8,10-11,15,18H,3,5-6,9H2,1-2H3. The van der Waals surface area contributed by atoms with Crippen molar-refractivity contribution in [3.63, 3.8) is 0 Å². The van der Waals surface area contributed by atoms with Crippen molar-refractivity contribution >= 4 is 15.9 Å². The zero-order valence-corrected chi connectivity index (χ0v) is 12.6. The second-order valence-corrected chi connectivity index (χ2v) is 6.30. The summed E-state index contributed by atoms with van der Waals surface area (Å²) in [5.41, 5.74) is 0.797. The lowest BCUT2D eigenvalue weighted by atomic mass is 9.76. The first-order valence-corrected chi connectivity index (χ1v) is 7.54. The topological polar surface area (TPSA) is 12.0 Å². The van der Waals surface area contributed by atoms with Crippen LogP contribution in [-0.4, -0.2) is 7.05 Å². The molecule has 0 spiro atoms. The van der Waals surface area contributed by atoms with Crippen molar-refractivity contribution in [2.45, 2.75) is 38.6 Å². The number of rotatable bonds is 3. The molecule has 1 aromatic carbocycles. The third-order valence-corrected chi connectivity index (χ3v) is 4.69. The van der Waals surface area contributed by atoms with Crippen molar-refractivity contribution in [1.82, 2.24) is 5.32 Å². The summed E-state index contributed by atoms with van der Waals surface area (Å²) in [5.74, 6) is 1.19. The van der Waals surface area contributed by atoms with Gasteiger partial charge in [-0.2, -0.15) is 0 Å². The van der Waals surface area contributed by atoms with Crippen LogP contribution in [-0.2, 0) is 0 Å². The maximum Gasteiger partial charge on any atom is 0.142 e. The molecule has 1 N–H and O–H groups in total.